The minimum absolute atomic E-state index is 0.0437. The molecule has 1 aliphatic heterocycles. The normalized spacial score (nSPS) is 15.1. The Hall–Kier alpha value is -2.66. The molecule has 0 atom stereocenters. The number of amides is 1. The lowest BCUT2D eigenvalue weighted by Gasteiger charge is -2.32. The Morgan fingerprint density at radius 1 is 0.966 bits per heavy atom. The fraction of sp³-hybridized carbons (Fsp3) is 0.417. The molecule has 5 nitrogen and oxygen atoms in total. The Morgan fingerprint density at radius 3 is 2.21 bits per heavy atom. The predicted octanol–water partition coefficient (Wildman–Crippen LogP) is 3.90. The smallest absolute Gasteiger partial charge is 0.362 e. The highest BCUT2D eigenvalue weighted by molar-refractivity contribution is 5.93. The van der Waals surface area contributed by atoms with Crippen molar-refractivity contribution in [3.8, 4) is 0 Å². The molecule has 1 N–H and O–H groups in total. The van der Waals surface area contributed by atoms with Gasteiger partial charge in [0.1, 0.15) is 6.61 Å². The van der Waals surface area contributed by atoms with Crippen molar-refractivity contribution in [3.05, 3.63) is 64.7 Å². The molecule has 0 aromatic heterocycles. The fourth-order valence-electron chi connectivity index (χ4n) is 4.30. The van der Waals surface area contributed by atoms with Crippen LogP contribution in [0.1, 0.15) is 35.1 Å². The number of carbonyl (C=O) groups is 2. The summed E-state index contributed by atoms with van der Waals surface area (Å²) in [5.41, 5.74) is 5.15. The largest absolute Gasteiger partial charge is 0.457 e. The van der Waals surface area contributed by atoms with E-state index < -0.39 is 0 Å². The quantitative estimate of drug-likeness (QED) is 0.571. The first-order valence-corrected chi connectivity index (χ1v) is 10.3. The van der Waals surface area contributed by atoms with Crippen LogP contribution in [0.3, 0.4) is 0 Å². The SMILES string of the molecule is Cc1cc(C)c(NC(=O)C[N+]2(CC(=O)OCc3ccccc3)CCCC2)c(C)c1. The van der Waals surface area contributed by atoms with Crippen molar-refractivity contribution in [2.45, 2.75) is 40.2 Å². The van der Waals surface area contributed by atoms with Crippen LogP contribution < -0.4 is 5.32 Å². The van der Waals surface area contributed by atoms with Gasteiger partial charge >= 0.3 is 5.97 Å². The number of anilines is 1. The molecule has 2 aromatic rings. The number of likely N-dealkylation sites (tertiary alicyclic amines) is 1. The lowest BCUT2D eigenvalue weighted by molar-refractivity contribution is -0.902. The zero-order valence-electron chi connectivity index (χ0n) is 17.7. The van der Waals surface area contributed by atoms with Gasteiger partial charge in [-0.1, -0.05) is 48.0 Å². The van der Waals surface area contributed by atoms with Crippen LogP contribution in [0, 0.1) is 20.8 Å². The maximum atomic E-state index is 12.8. The average Bonchev–Trinajstić information content (AvgIpc) is 3.11. The van der Waals surface area contributed by atoms with E-state index in [9.17, 15) is 9.59 Å². The van der Waals surface area contributed by atoms with Crippen LogP contribution in [0.2, 0.25) is 0 Å². The Bertz CT molecular complexity index is 848. The zero-order valence-corrected chi connectivity index (χ0v) is 17.7. The van der Waals surface area contributed by atoms with Gasteiger partial charge in [0.15, 0.2) is 13.1 Å². The van der Waals surface area contributed by atoms with Gasteiger partial charge in [0.2, 0.25) is 0 Å². The highest BCUT2D eigenvalue weighted by Gasteiger charge is 2.37. The molecule has 1 aliphatic rings. The van der Waals surface area contributed by atoms with Crippen LogP contribution in [0.4, 0.5) is 5.69 Å². The van der Waals surface area contributed by atoms with Crippen molar-refractivity contribution in [3.63, 3.8) is 0 Å². The van der Waals surface area contributed by atoms with E-state index in [2.05, 4.69) is 24.4 Å². The van der Waals surface area contributed by atoms with Crippen LogP contribution in [0.25, 0.3) is 0 Å². The first kappa shape index (κ1) is 21.1. The van der Waals surface area contributed by atoms with Gasteiger partial charge in [-0.05, 0) is 37.5 Å². The molecule has 29 heavy (non-hydrogen) atoms. The van der Waals surface area contributed by atoms with Crippen molar-refractivity contribution in [2.75, 3.05) is 31.5 Å². The second-order valence-electron chi connectivity index (χ2n) is 8.28. The molecule has 0 unspecified atom stereocenters. The number of esters is 1. The molecule has 154 valence electrons. The first-order valence-electron chi connectivity index (χ1n) is 10.3. The van der Waals surface area contributed by atoms with Crippen LogP contribution in [0.15, 0.2) is 42.5 Å². The molecule has 2 aromatic carbocycles. The number of rotatable bonds is 7. The van der Waals surface area contributed by atoms with Gasteiger partial charge in [-0.3, -0.25) is 4.79 Å². The summed E-state index contributed by atoms with van der Waals surface area (Å²) in [6.45, 7) is 8.55. The number of nitrogens with one attached hydrogen (secondary N) is 1. The van der Waals surface area contributed by atoms with Crippen LogP contribution >= 0.6 is 0 Å². The van der Waals surface area contributed by atoms with E-state index in [4.69, 9.17) is 4.74 Å². The number of hydrogen-bond acceptors (Lipinski definition) is 3. The maximum Gasteiger partial charge on any atom is 0.362 e. The molecule has 0 saturated carbocycles. The summed E-state index contributed by atoms with van der Waals surface area (Å²) >= 11 is 0. The van der Waals surface area contributed by atoms with Crippen LogP contribution in [-0.4, -0.2) is 42.5 Å². The maximum absolute atomic E-state index is 12.8. The minimum atomic E-state index is -0.244. The fourth-order valence-corrected chi connectivity index (χ4v) is 4.30. The Labute approximate surface area is 173 Å². The predicted molar refractivity (Wildman–Crippen MR) is 114 cm³/mol. The summed E-state index contributed by atoms with van der Waals surface area (Å²) in [6, 6.07) is 13.8. The van der Waals surface area contributed by atoms with Crippen molar-refractivity contribution in [1.29, 1.82) is 0 Å². The Balaban J connectivity index is 1.61. The third-order valence-corrected chi connectivity index (χ3v) is 5.64. The van der Waals surface area contributed by atoms with Crippen LogP contribution in [0.5, 0.6) is 0 Å². The lowest BCUT2D eigenvalue weighted by atomic mass is 10.1. The van der Waals surface area contributed by atoms with Crippen molar-refractivity contribution < 1.29 is 18.8 Å². The molecule has 0 bridgehead atoms. The number of nitrogens with zero attached hydrogens (tertiary/aromatic N) is 1. The van der Waals surface area contributed by atoms with Gasteiger partial charge in [0.25, 0.3) is 5.91 Å². The third-order valence-electron chi connectivity index (χ3n) is 5.64. The summed E-state index contributed by atoms with van der Waals surface area (Å²) in [5.74, 6) is -0.288. The average molecular weight is 396 g/mol. The highest BCUT2D eigenvalue weighted by atomic mass is 16.5. The summed E-state index contributed by atoms with van der Waals surface area (Å²) < 4.78 is 5.96. The first-order chi connectivity index (χ1) is 13.9. The summed E-state index contributed by atoms with van der Waals surface area (Å²) in [4.78, 5) is 25.3. The van der Waals surface area contributed by atoms with Crippen molar-refractivity contribution >= 4 is 17.6 Å². The summed E-state index contributed by atoms with van der Waals surface area (Å²) in [6.07, 6.45) is 2.06. The van der Waals surface area contributed by atoms with E-state index in [-0.39, 0.29) is 25.0 Å². The van der Waals surface area contributed by atoms with Crippen LogP contribution in [-0.2, 0) is 20.9 Å². The number of carbonyl (C=O) groups excluding carboxylic acids is 2. The van der Waals surface area contributed by atoms with E-state index in [0.717, 1.165) is 48.3 Å². The molecule has 3 rings (SSSR count). The zero-order chi connectivity index (χ0) is 20.9. The van der Waals surface area contributed by atoms with E-state index in [1.807, 2.05) is 44.2 Å². The number of benzene rings is 2. The van der Waals surface area contributed by atoms with E-state index in [1.165, 1.54) is 5.56 Å². The number of ether oxygens (including phenoxy) is 1. The van der Waals surface area contributed by atoms with E-state index in [1.54, 1.807) is 0 Å². The topological polar surface area (TPSA) is 55.4 Å². The second-order valence-corrected chi connectivity index (χ2v) is 8.28. The number of hydrogen-bond donors (Lipinski definition) is 1. The van der Waals surface area contributed by atoms with Crippen molar-refractivity contribution in [1.82, 2.24) is 0 Å². The van der Waals surface area contributed by atoms with Gasteiger partial charge in [0, 0.05) is 18.5 Å². The summed E-state index contributed by atoms with van der Waals surface area (Å²) in [5, 5.41) is 3.08. The molecule has 1 saturated heterocycles. The Kier molecular flexibility index (Phi) is 6.70. The number of quaternary nitrogens is 1. The number of aryl methyl sites for hydroxylation is 3. The molecule has 1 heterocycles. The molecule has 1 fully saturated rings. The van der Waals surface area contributed by atoms with Gasteiger partial charge in [-0.15, -0.1) is 0 Å². The van der Waals surface area contributed by atoms with Gasteiger partial charge < -0.3 is 14.5 Å². The standard InChI is InChI=1S/C24H30N2O3/c1-18-13-19(2)24(20(3)14-18)25-22(27)15-26(11-7-8-12-26)16-23(28)29-17-21-9-5-4-6-10-21/h4-6,9-10,13-14H,7-8,11-12,15-17H2,1-3H3/p+1. The Morgan fingerprint density at radius 2 is 1.59 bits per heavy atom. The molecule has 0 aliphatic carbocycles. The third kappa shape index (κ3) is 5.67. The minimum Gasteiger partial charge on any atom is -0.457 e. The van der Waals surface area contributed by atoms with Crippen molar-refractivity contribution in [2.24, 2.45) is 0 Å². The highest BCUT2D eigenvalue weighted by Crippen LogP contribution is 2.24. The molecule has 0 radical (unpaired) electrons. The molecular weight excluding hydrogens is 364 g/mol. The molecule has 5 heteroatoms. The van der Waals surface area contributed by atoms with Gasteiger partial charge in [0.05, 0.1) is 13.1 Å². The monoisotopic (exact) mass is 395 g/mol. The second kappa shape index (κ2) is 9.23. The molecule has 1 amide bonds. The van der Waals surface area contributed by atoms with E-state index >= 15 is 0 Å². The lowest BCUT2D eigenvalue weighted by Crippen LogP contribution is -2.53. The van der Waals surface area contributed by atoms with Gasteiger partial charge in [-0.2, -0.15) is 0 Å². The van der Waals surface area contributed by atoms with E-state index in [0.29, 0.717) is 11.0 Å². The van der Waals surface area contributed by atoms with Gasteiger partial charge in [-0.25, -0.2) is 4.79 Å². The summed E-state index contributed by atoms with van der Waals surface area (Å²) in [7, 11) is 0. The molecular formula is C24H31N2O3+. The molecule has 0 spiro atoms.